The maximum absolute atomic E-state index is 11.0. The molecule has 0 amide bonds. The van der Waals surface area contributed by atoms with Crippen LogP contribution in [0.2, 0.25) is 0 Å². The van der Waals surface area contributed by atoms with Gasteiger partial charge >= 0.3 is 18.9 Å². The molecule has 4 heteroatoms. The summed E-state index contributed by atoms with van der Waals surface area (Å²) in [5.41, 5.74) is 0. The Morgan fingerprint density at radius 1 is 0.633 bits per heavy atom. The van der Waals surface area contributed by atoms with Crippen LogP contribution in [0.25, 0.3) is 0 Å². The number of hydrogen-bond acceptors (Lipinski definition) is 3. The van der Waals surface area contributed by atoms with E-state index in [4.69, 9.17) is 0 Å². The largest absolute Gasteiger partial charge is 1.00 e. The van der Waals surface area contributed by atoms with Gasteiger partial charge in [0.2, 0.25) is 0 Å². The Morgan fingerprint density at radius 3 is 1.37 bits per heavy atom. The number of allylic oxidation sites excluding steroid dienone is 4. The van der Waals surface area contributed by atoms with Gasteiger partial charge in [0.1, 0.15) is 0 Å². The van der Waals surface area contributed by atoms with Crippen LogP contribution in [0.15, 0.2) is 24.3 Å². The second-order valence-electron chi connectivity index (χ2n) is 8.23. The summed E-state index contributed by atoms with van der Waals surface area (Å²) in [5, 5.41) is 11.0. The quantitative estimate of drug-likeness (QED) is 0.155. The molecular weight excluding hydrogens is 365 g/mol. The van der Waals surface area contributed by atoms with Crippen molar-refractivity contribution in [1.29, 1.82) is 0 Å². The van der Waals surface area contributed by atoms with Crippen LogP contribution in [-0.2, 0) is 4.79 Å². The summed E-state index contributed by atoms with van der Waals surface area (Å²) in [4.78, 5) is 13.1. The molecule has 0 aromatic heterocycles. The van der Waals surface area contributed by atoms with E-state index in [1.54, 1.807) is 0 Å². The van der Waals surface area contributed by atoms with Gasteiger partial charge in [-0.3, -0.25) is 4.90 Å². The van der Waals surface area contributed by atoms with Crippen LogP contribution in [-0.4, -0.2) is 30.5 Å². The van der Waals surface area contributed by atoms with Crippen molar-refractivity contribution in [1.82, 2.24) is 4.90 Å². The molecule has 0 aliphatic rings. The molecule has 0 saturated carbocycles. The maximum atomic E-state index is 11.0. The molecule has 0 spiro atoms. The third kappa shape index (κ3) is 25.5. The van der Waals surface area contributed by atoms with Crippen molar-refractivity contribution in [2.24, 2.45) is 0 Å². The SMILES string of the molecule is CC/C=C/CCCCCCCCN(CCCCCCCC/C=C/CC)CC(=O)[O-].[Li+]. The zero-order valence-electron chi connectivity index (χ0n) is 20.5. The Hall–Kier alpha value is -0.493. The van der Waals surface area contributed by atoms with Crippen molar-refractivity contribution < 1.29 is 28.8 Å². The average Bonchev–Trinajstić information content (AvgIpc) is 2.70. The Labute approximate surface area is 199 Å². The minimum atomic E-state index is -0.940. The second-order valence-corrected chi connectivity index (χ2v) is 8.23. The van der Waals surface area contributed by atoms with Gasteiger partial charge in [0.05, 0.1) is 5.97 Å². The molecule has 0 atom stereocenters. The Balaban J connectivity index is 0. The number of aliphatic carboxylic acids is 1. The van der Waals surface area contributed by atoms with Gasteiger partial charge in [-0.05, 0) is 64.5 Å². The van der Waals surface area contributed by atoms with E-state index in [-0.39, 0.29) is 25.4 Å². The van der Waals surface area contributed by atoms with Crippen molar-refractivity contribution in [2.45, 2.75) is 117 Å². The van der Waals surface area contributed by atoms with E-state index >= 15 is 0 Å². The first-order valence-electron chi connectivity index (χ1n) is 12.4. The smallest absolute Gasteiger partial charge is 0.549 e. The van der Waals surface area contributed by atoms with Gasteiger partial charge in [-0.25, -0.2) is 0 Å². The number of rotatable bonds is 22. The summed E-state index contributed by atoms with van der Waals surface area (Å²) in [6.07, 6.45) is 28.8. The summed E-state index contributed by atoms with van der Waals surface area (Å²) in [5.74, 6) is -0.940. The molecule has 0 aromatic rings. The van der Waals surface area contributed by atoms with Gasteiger partial charge in [0.25, 0.3) is 0 Å². The molecule has 0 aliphatic heterocycles. The van der Waals surface area contributed by atoms with Gasteiger partial charge in [-0.15, -0.1) is 0 Å². The first-order valence-corrected chi connectivity index (χ1v) is 12.4. The van der Waals surface area contributed by atoms with Crippen molar-refractivity contribution >= 4 is 5.97 Å². The monoisotopic (exact) mass is 413 g/mol. The predicted octanol–water partition coefficient (Wildman–Crippen LogP) is 3.44. The Bertz CT molecular complexity index is 380. The average molecular weight is 414 g/mol. The molecule has 0 unspecified atom stereocenters. The number of carbonyl (C=O) groups is 1. The van der Waals surface area contributed by atoms with Crippen LogP contribution in [0.4, 0.5) is 0 Å². The van der Waals surface area contributed by atoms with Crippen LogP contribution in [0.5, 0.6) is 0 Å². The first-order chi connectivity index (χ1) is 14.2. The van der Waals surface area contributed by atoms with E-state index in [2.05, 4.69) is 43.1 Å². The minimum Gasteiger partial charge on any atom is -0.549 e. The maximum Gasteiger partial charge on any atom is 1.00 e. The molecule has 3 nitrogen and oxygen atoms in total. The normalized spacial score (nSPS) is 11.6. The summed E-state index contributed by atoms with van der Waals surface area (Å²) < 4.78 is 0. The van der Waals surface area contributed by atoms with Crippen molar-refractivity contribution in [3.8, 4) is 0 Å². The molecular formula is C26H48LiNO2. The molecule has 0 aromatic carbocycles. The van der Waals surface area contributed by atoms with Gasteiger partial charge < -0.3 is 9.90 Å². The fourth-order valence-electron chi connectivity index (χ4n) is 3.63. The van der Waals surface area contributed by atoms with Crippen LogP contribution >= 0.6 is 0 Å². The molecule has 0 fully saturated rings. The molecule has 0 saturated heterocycles. The predicted molar refractivity (Wildman–Crippen MR) is 125 cm³/mol. The molecule has 30 heavy (non-hydrogen) atoms. The topological polar surface area (TPSA) is 43.4 Å². The van der Waals surface area contributed by atoms with Crippen LogP contribution in [0.1, 0.15) is 117 Å². The fourth-order valence-corrected chi connectivity index (χ4v) is 3.63. The zero-order chi connectivity index (χ0) is 21.4. The first kappa shape index (κ1) is 31.7. The second kappa shape index (κ2) is 26.5. The Kier molecular flexibility index (Phi) is 28.0. The summed E-state index contributed by atoms with van der Waals surface area (Å²) in [6.45, 7) is 6.24. The van der Waals surface area contributed by atoms with Crippen molar-refractivity contribution in [2.75, 3.05) is 19.6 Å². The third-order valence-electron chi connectivity index (χ3n) is 5.35. The number of carboxylic acid groups (broad SMARTS) is 1. The number of carbonyl (C=O) groups excluding carboxylic acids is 1. The van der Waals surface area contributed by atoms with E-state index in [1.807, 2.05) is 0 Å². The number of nitrogens with zero attached hydrogens (tertiary/aromatic N) is 1. The molecule has 0 bridgehead atoms. The van der Waals surface area contributed by atoms with Crippen molar-refractivity contribution in [3.05, 3.63) is 24.3 Å². The summed E-state index contributed by atoms with van der Waals surface area (Å²) in [7, 11) is 0. The summed E-state index contributed by atoms with van der Waals surface area (Å²) >= 11 is 0. The molecule has 170 valence electrons. The number of carboxylic acids is 1. The number of hydrogen-bond donors (Lipinski definition) is 0. The molecule has 0 aliphatic carbocycles. The fraction of sp³-hybridized carbons (Fsp3) is 0.808. The molecule has 0 N–H and O–H groups in total. The molecule has 0 rings (SSSR count). The Morgan fingerprint density at radius 2 is 1.00 bits per heavy atom. The van der Waals surface area contributed by atoms with E-state index < -0.39 is 5.97 Å². The van der Waals surface area contributed by atoms with Crippen molar-refractivity contribution in [3.63, 3.8) is 0 Å². The van der Waals surface area contributed by atoms with Gasteiger partial charge in [0.15, 0.2) is 0 Å². The molecule has 0 radical (unpaired) electrons. The van der Waals surface area contributed by atoms with E-state index in [1.165, 1.54) is 77.0 Å². The van der Waals surface area contributed by atoms with Gasteiger partial charge in [0, 0.05) is 6.54 Å². The van der Waals surface area contributed by atoms with Gasteiger partial charge in [-0.2, -0.15) is 0 Å². The molecule has 0 heterocycles. The van der Waals surface area contributed by atoms with Crippen LogP contribution in [0, 0.1) is 0 Å². The van der Waals surface area contributed by atoms with Crippen LogP contribution in [0.3, 0.4) is 0 Å². The number of unbranched alkanes of at least 4 members (excludes halogenated alkanes) is 12. The minimum absolute atomic E-state index is 0. The van der Waals surface area contributed by atoms with E-state index in [9.17, 15) is 9.90 Å². The van der Waals surface area contributed by atoms with E-state index in [0.29, 0.717) is 0 Å². The van der Waals surface area contributed by atoms with Crippen LogP contribution < -0.4 is 24.0 Å². The zero-order valence-corrected chi connectivity index (χ0v) is 20.5. The third-order valence-corrected chi connectivity index (χ3v) is 5.35. The van der Waals surface area contributed by atoms with E-state index in [0.717, 1.165) is 38.8 Å². The summed E-state index contributed by atoms with van der Waals surface area (Å²) in [6, 6.07) is 0. The van der Waals surface area contributed by atoms with Gasteiger partial charge in [-0.1, -0.05) is 89.5 Å². The standard InChI is InChI=1S/C26H49NO2.Li/c1-3-5-7-9-11-13-15-17-19-21-23-27(25-26(28)29)24-22-20-18-16-14-12-10-8-6-4-2;/h5-8H,3-4,9-25H2,1-2H3,(H,28,29);/q;+1/p-1/b7-5+,8-6+;.